The molecule has 0 radical (unpaired) electrons. The molecule has 0 amide bonds. The van der Waals surface area contributed by atoms with Crippen molar-refractivity contribution in [3.8, 4) is 0 Å². The Bertz CT molecular complexity index is 542. The molecule has 1 unspecified atom stereocenters. The summed E-state index contributed by atoms with van der Waals surface area (Å²) in [5.41, 5.74) is 1.52. The molecular weight excluding hydrogens is 216 g/mol. The third-order valence-electron chi connectivity index (χ3n) is 2.77. The van der Waals surface area contributed by atoms with Gasteiger partial charge < -0.3 is 9.73 Å². The lowest BCUT2D eigenvalue weighted by Crippen LogP contribution is -2.33. The van der Waals surface area contributed by atoms with Crippen LogP contribution in [0.4, 0.5) is 0 Å². The molecule has 0 saturated heterocycles. The van der Waals surface area contributed by atoms with Gasteiger partial charge in [-0.05, 0) is 32.0 Å². The van der Waals surface area contributed by atoms with Crippen LogP contribution < -0.4 is 11.1 Å². The van der Waals surface area contributed by atoms with E-state index in [-0.39, 0.29) is 11.8 Å². The number of para-hydroxylation sites is 2. The van der Waals surface area contributed by atoms with Crippen molar-refractivity contribution >= 4 is 11.1 Å². The van der Waals surface area contributed by atoms with Crippen molar-refractivity contribution in [1.29, 1.82) is 0 Å². The van der Waals surface area contributed by atoms with Gasteiger partial charge in [0.05, 0.1) is 5.52 Å². The predicted molar refractivity (Wildman–Crippen MR) is 68.2 cm³/mol. The van der Waals surface area contributed by atoms with Gasteiger partial charge in [0, 0.05) is 12.6 Å². The molecule has 2 aromatic rings. The number of hydrogen-bond donors (Lipinski definition) is 1. The number of oxazole rings is 1. The zero-order valence-electron chi connectivity index (χ0n) is 10.3. The topological polar surface area (TPSA) is 47.2 Å². The molecule has 2 rings (SSSR count). The Morgan fingerprint density at radius 3 is 2.94 bits per heavy atom. The van der Waals surface area contributed by atoms with Gasteiger partial charge in [-0.3, -0.25) is 4.57 Å². The number of fused-ring (bicyclic) bond motifs is 1. The van der Waals surface area contributed by atoms with Crippen molar-refractivity contribution in [3.63, 3.8) is 0 Å². The van der Waals surface area contributed by atoms with Crippen molar-refractivity contribution in [2.45, 2.75) is 32.9 Å². The van der Waals surface area contributed by atoms with Crippen LogP contribution in [0, 0.1) is 0 Å². The molecule has 0 fully saturated rings. The van der Waals surface area contributed by atoms with E-state index in [1.54, 1.807) is 4.57 Å². The van der Waals surface area contributed by atoms with Crippen LogP contribution in [0.15, 0.2) is 33.5 Å². The summed E-state index contributed by atoms with van der Waals surface area (Å²) in [7, 11) is 0. The van der Waals surface area contributed by atoms with Gasteiger partial charge >= 0.3 is 5.76 Å². The van der Waals surface area contributed by atoms with Gasteiger partial charge in [-0.15, -0.1) is 0 Å². The minimum absolute atomic E-state index is 0.258. The first-order chi connectivity index (χ1) is 8.22. The van der Waals surface area contributed by atoms with Crippen LogP contribution in [0.1, 0.15) is 20.3 Å². The molecule has 0 aliphatic heterocycles. The predicted octanol–water partition coefficient (Wildman–Crippen LogP) is 1.98. The van der Waals surface area contributed by atoms with Crippen LogP contribution >= 0.6 is 0 Å². The molecule has 1 aromatic carbocycles. The second kappa shape index (κ2) is 5.19. The maximum absolute atomic E-state index is 11.7. The van der Waals surface area contributed by atoms with Crippen LogP contribution in [0.2, 0.25) is 0 Å². The van der Waals surface area contributed by atoms with Gasteiger partial charge in [0.15, 0.2) is 5.58 Å². The van der Waals surface area contributed by atoms with E-state index in [9.17, 15) is 4.79 Å². The maximum atomic E-state index is 11.7. The molecule has 17 heavy (non-hydrogen) atoms. The molecule has 1 atom stereocenters. The highest BCUT2D eigenvalue weighted by Gasteiger charge is 2.10. The second-order valence-electron chi connectivity index (χ2n) is 4.30. The molecule has 0 aliphatic rings. The van der Waals surface area contributed by atoms with Crippen molar-refractivity contribution < 1.29 is 4.42 Å². The van der Waals surface area contributed by atoms with Crippen molar-refractivity contribution in [2.24, 2.45) is 0 Å². The third kappa shape index (κ3) is 2.58. The van der Waals surface area contributed by atoms with Gasteiger partial charge in [-0.1, -0.05) is 19.1 Å². The Kier molecular flexibility index (Phi) is 3.64. The molecule has 1 N–H and O–H groups in total. The van der Waals surface area contributed by atoms with Gasteiger partial charge in [0.25, 0.3) is 0 Å². The normalized spacial score (nSPS) is 13.1. The average molecular weight is 234 g/mol. The Labute approximate surface area is 100 Å². The molecule has 1 aromatic heterocycles. The number of hydrogen-bond acceptors (Lipinski definition) is 3. The van der Waals surface area contributed by atoms with E-state index in [4.69, 9.17) is 4.42 Å². The first-order valence-electron chi connectivity index (χ1n) is 6.04. The Balaban J connectivity index is 2.23. The molecule has 0 bridgehead atoms. The van der Waals surface area contributed by atoms with E-state index in [0.29, 0.717) is 12.1 Å². The summed E-state index contributed by atoms with van der Waals surface area (Å²) in [6, 6.07) is 7.77. The maximum Gasteiger partial charge on any atom is 0.420 e. The molecule has 1 heterocycles. The van der Waals surface area contributed by atoms with Gasteiger partial charge in [-0.2, -0.15) is 0 Å². The summed E-state index contributed by atoms with van der Waals surface area (Å²) in [4.78, 5) is 11.7. The Hall–Kier alpha value is -1.55. The number of nitrogens with one attached hydrogen (secondary N) is 1. The van der Waals surface area contributed by atoms with E-state index in [1.807, 2.05) is 24.3 Å². The minimum Gasteiger partial charge on any atom is -0.408 e. The van der Waals surface area contributed by atoms with Crippen molar-refractivity contribution in [2.75, 3.05) is 6.54 Å². The Morgan fingerprint density at radius 2 is 2.18 bits per heavy atom. The summed E-state index contributed by atoms with van der Waals surface area (Å²) in [5, 5.41) is 3.36. The van der Waals surface area contributed by atoms with Crippen LogP contribution in [-0.2, 0) is 6.54 Å². The summed E-state index contributed by atoms with van der Waals surface area (Å²) >= 11 is 0. The van der Waals surface area contributed by atoms with E-state index < -0.39 is 0 Å². The van der Waals surface area contributed by atoms with E-state index in [1.165, 1.54) is 0 Å². The van der Waals surface area contributed by atoms with Crippen LogP contribution in [0.3, 0.4) is 0 Å². The highest BCUT2D eigenvalue weighted by molar-refractivity contribution is 5.72. The van der Waals surface area contributed by atoms with E-state index in [0.717, 1.165) is 18.5 Å². The largest absolute Gasteiger partial charge is 0.420 e. The molecule has 0 spiro atoms. The number of nitrogens with zero attached hydrogens (tertiary/aromatic N) is 1. The fraction of sp³-hybridized carbons (Fsp3) is 0.462. The zero-order chi connectivity index (χ0) is 12.3. The second-order valence-corrected chi connectivity index (χ2v) is 4.30. The summed E-state index contributed by atoms with van der Waals surface area (Å²) in [5.74, 6) is -0.281. The molecule has 4 nitrogen and oxygen atoms in total. The standard InChI is InChI=1S/C13H18N2O2/c1-3-8-14-10(2)9-15-11-6-4-5-7-12(11)17-13(15)16/h4-7,10,14H,3,8-9H2,1-2H3. The lowest BCUT2D eigenvalue weighted by Gasteiger charge is -2.13. The molecule has 92 valence electrons. The lowest BCUT2D eigenvalue weighted by molar-refractivity contribution is 0.441. The van der Waals surface area contributed by atoms with Crippen LogP contribution in [0.25, 0.3) is 11.1 Å². The quantitative estimate of drug-likeness (QED) is 0.860. The summed E-state index contributed by atoms with van der Waals surface area (Å²) in [6.45, 7) is 5.80. The number of rotatable bonds is 5. The van der Waals surface area contributed by atoms with Crippen molar-refractivity contribution in [1.82, 2.24) is 9.88 Å². The first-order valence-corrected chi connectivity index (χ1v) is 6.04. The smallest absolute Gasteiger partial charge is 0.408 e. The minimum atomic E-state index is -0.281. The number of benzene rings is 1. The zero-order valence-corrected chi connectivity index (χ0v) is 10.3. The lowest BCUT2D eigenvalue weighted by atomic mass is 10.3. The molecular formula is C13H18N2O2. The average Bonchev–Trinajstić information content (AvgIpc) is 2.64. The van der Waals surface area contributed by atoms with Crippen LogP contribution in [-0.4, -0.2) is 17.2 Å². The highest BCUT2D eigenvalue weighted by atomic mass is 16.4. The van der Waals surface area contributed by atoms with E-state index >= 15 is 0 Å². The fourth-order valence-electron chi connectivity index (χ4n) is 1.92. The van der Waals surface area contributed by atoms with Gasteiger partial charge in [0.1, 0.15) is 0 Å². The highest BCUT2D eigenvalue weighted by Crippen LogP contribution is 2.11. The summed E-state index contributed by atoms with van der Waals surface area (Å²) in [6.07, 6.45) is 1.09. The molecule has 0 aliphatic carbocycles. The SMILES string of the molecule is CCCNC(C)Cn1c(=O)oc2ccccc21. The molecule has 0 saturated carbocycles. The van der Waals surface area contributed by atoms with Gasteiger partial charge in [0.2, 0.25) is 0 Å². The van der Waals surface area contributed by atoms with Gasteiger partial charge in [-0.25, -0.2) is 4.79 Å². The fourth-order valence-corrected chi connectivity index (χ4v) is 1.92. The monoisotopic (exact) mass is 234 g/mol. The number of aromatic nitrogens is 1. The van der Waals surface area contributed by atoms with Crippen molar-refractivity contribution in [3.05, 3.63) is 34.8 Å². The van der Waals surface area contributed by atoms with Crippen LogP contribution in [0.5, 0.6) is 0 Å². The summed E-state index contributed by atoms with van der Waals surface area (Å²) < 4.78 is 6.87. The Morgan fingerprint density at radius 1 is 1.41 bits per heavy atom. The van der Waals surface area contributed by atoms with E-state index in [2.05, 4.69) is 19.2 Å². The third-order valence-corrected chi connectivity index (χ3v) is 2.77. The first kappa shape index (κ1) is 11.9. The molecule has 4 heteroatoms.